The van der Waals surface area contributed by atoms with Crippen LogP contribution in [0.5, 0.6) is 0 Å². The minimum atomic E-state index is -0.244. The number of rotatable bonds is 10. The summed E-state index contributed by atoms with van der Waals surface area (Å²) in [7, 11) is 0. The number of benzene rings is 4. The highest BCUT2D eigenvalue weighted by Crippen LogP contribution is 2.18. The van der Waals surface area contributed by atoms with Crippen LogP contribution < -0.4 is 21.3 Å². The number of hydrogen-bond donors (Lipinski definition) is 4. The zero-order valence-corrected chi connectivity index (χ0v) is 20.2. The van der Waals surface area contributed by atoms with Crippen LogP contribution in [0.4, 0.5) is 22.7 Å². The number of anilines is 4. The molecule has 0 saturated heterocycles. The fourth-order valence-electron chi connectivity index (χ4n) is 3.69. The van der Waals surface area contributed by atoms with E-state index in [9.17, 15) is 14.4 Å². The van der Waals surface area contributed by atoms with E-state index < -0.39 is 0 Å². The highest BCUT2D eigenvalue weighted by atomic mass is 16.2. The number of aryl methyl sites for hydroxylation is 1. The number of hydrogen-bond acceptors (Lipinski definition) is 4. The normalized spacial score (nSPS) is 10.3. The van der Waals surface area contributed by atoms with Gasteiger partial charge in [-0.1, -0.05) is 60.7 Å². The SMILES string of the molecule is O=C(CCc1ccccc1)Nc1cccc(NC(=O)CNc2cccc(NC(=O)c3ccccc3)c2)c1. The highest BCUT2D eigenvalue weighted by molar-refractivity contribution is 6.04. The van der Waals surface area contributed by atoms with Crippen molar-refractivity contribution in [3.05, 3.63) is 120 Å². The summed E-state index contributed by atoms with van der Waals surface area (Å²) >= 11 is 0. The lowest BCUT2D eigenvalue weighted by Crippen LogP contribution is -2.22. The largest absolute Gasteiger partial charge is 0.376 e. The average Bonchev–Trinajstić information content (AvgIpc) is 2.92. The first-order chi connectivity index (χ1) is 18.0. The van der Waals surface area contributed by atoms with Crippen LogP contribution in [0.25, 0.3) is 0 Å². The van der Waals surface area contributed by atoms with Gasteiger partial charge in [0, 0.05) is 34.7 Å². The van der Waals surface area contributed by atoms with Crippen LogP contribution in [-0.4, -0.2) is 24.3 Å². The number of amides is 3. The smallest absolute Gasteiger partial charge is 0.255 e. The average molecular weight is 493 g/mol. The lowest BCUT2D eigenvalue weighted by Gasteiger charge is -2.11. The number of carbonyl (C=O) groups excluding carboxylic acids is 3. The van der Waals surface area contributed by atoms with Crippen molar-refractivity contribution in [3.63, 3.8) is 0 Å². The van der Waals surface area contributed by atoms with Gasteiger partial charge in [-0.2, -0.15) is 0 Å². The van der Waals surface area contributed by atoms with Crippen molar-refractivity contribution in [1.82, 2.24) is 0 Å². The Morgan fingerprint density at radius 3 is 1.76 bits per heavy atom. The Hall–Kier alpha value is -4.91. The van der Waals surface area contributed by atoms with E-state index in [2.05, 4.69) is 21.3 Å². The monoisotopic (exact) mass is 492 g/mol. The van der Waals surface area contributed by atoms with Gasteiger partial charge in [-0.25, -0.2) is 0 Å². The molecule has 0 spiro atoms. The van der Waals surface area contributed by atoms with Crippen LogP contribution in [0.3, 0.4) is 0 Å². The lowest BCUT2D eigenvalue weighted by atomic mass is 10.1. The zero-order chi connectivity index (χ0) is 25.9. The molecule has 3 amide bonds. The van der Waals surface area contributed by atoms with Crippen LogP contribution in [0, 0.1) is 0 Å². The molecular formula is C30H28N4O3. The molecule has 0 unspecified atom stereocenters. The molecule has 4 aromatic carbocycles. The van der Waals surface area contributed by atoms with E-state index in [0.717, 1.165) is 5.56 Å². The van der Waals surface area contributed by atoms with Crippen molar-refractivity contribution in [2.75, 3.05) is 27.8 Å². The zero-order valence-electron chi connectivity index (χ0n) is 20.2. The number of carbonyl (C=O) groups is 3. The predicted octanol–water partition coefficient (Wildman–Crippen LogP) is 5.56. The molecule has 0 heterocycles. The van der Waals surface area contributed by atoms with E-state index >= 15 is 0 Å². The molecule has 0 aliphatic rings. The molecule has 186 valence electrons. The molecule has 37 heavy (non-hydrogen) atoms. The molecule has 4 rings (SSSR count). The van der Waals surface area contributed by atoms with Gasteiger partial charge in [-0.3, -0.25) is 14.4 Å². The van der Waals surface area contributed by atoms with Crippen LogP contribution in [0.15, 0.2) is 109 Å². The summed E-state index contributed by atoms with van der Waals surface area (Å²) in [4.78, 5) is 37.2. The summed E-state index contributed by atoms with van der Waals surface area (Å²) in [5.41, 5.74) is 4.18. The molecule has 7 nitrogen and oxygen atoms in total. The Bertz CT molecular complexity index is 1360. The van der Waals surface area contributed by atoms with E-state index in [4.69, 9.17) is 0 Å². The van der Waals surface area contributed by atoms with Crippen molar-refractivity contribution >= 4 is 40.5 Å². The van der Waals surface area contributed by atoms with Crippen LogP contribution in [-0.2, 0) is 16.0 Å². The van der Waals surface area contributed by atoms with Gasteiger partial charge >= 0.3 is 0 Å². The Morgan fingerprint density at radius 1 is 0.541 bits per heavy atom. The van der Waals surface area contributed by atoms with E-state index in [1.165, 1.54) is 0 Å². The molecule has 0 atom stereocenters. The van der Waals surface area contributed by atoms with Crippen molar-refractivity contribution < 1.29 is 14.4 Å². The van der Waals surface area contributed by atoms with E-state index in [-0.39, 0.29) is 24.3 Å². The first-order valence-electron chi connectivity index (χ1n) is 12.0. The lowest BCUT2D eigenvalue weighted by molar-refractivity contribution is -0.116. The van der Waals surface area contributed by atoms with Gasteiger partial charge in [0.1, 0.15) is 0 Å². The molecule has 0 aliphatic heterocycles. The molecule has 7 heteroatoms. The molecule has 0 radical (unpaired) electrons. The van der Waals surface area contributed by atoms with Crippen LogP contribution in [0.2, 0.25) is 0 Å². The van der Waals surface area contributed by atoms with Gasteiger partial charge in [-0.15, -0.1) is 0 Å². The van der Waals surface area contributed by atoms with Gasteiger partial charge in [0.2, 0.25) is 11.8 Å². The topological polar surface area (TPSA) is 99.3 Å². The maximum atomic E-state index is 12.5. The Kier molecular flexibility index (Phi) is 8.64. The van der Waals surface area contributed by atoms with Crippen molar-refractivity contribution in [2.45, 2.75) is 12.8 Å². The molecule has 0 fully saturated rings. The van der Waals surface area contributed by atoms with Crippen molar-refractivity contribution in [1.29, 1.82) is 0 Å². The third-order valence-corrected chi connectivity index (χ3v) is 5.52. The highest BCUT2D eigenvalue weighted by Gasteiger charge is 2.08. The fourth-order valence-corrected chi connectivity index (χ4v) is 3.69. The molecule has 0 bridgehead atoms. The van der Waals surface area contributed by atoms with Crippen molar-refractivity contribution in [2.24, 2.45) is 0 Å². The predicted molar refractivity (Wildman–Crippen MR) is 148 cm³/mol. The summed E-state index contributed by atoms with van der Waals surface area (Å²) in [6, 6.07) is 33.0. The first-order valence-corrected chi connectivity index (χ1v) is 12.0. The third kappa shape index (κ3) is 8.07. The van der Waals surface area contributed by atoms with Crippen molar-refractivity contribution in [3.8, 4) is 0 Å². The fraction of sp³-hybridized carbons (Fsp3) is 0.100. The summed E-state index contributed by atoms with van der Waals surface area (Å²) in [5.74, 6) is -0.540. The minimum absolute atomic E-state index is 0.0315. The Morgan fingerprint density at radius 2 is 1.08 bits per heavy atom. The Balaban J connectivity index is 1.25. The van der Waals surface area contributed by atoms with Gasteiger partial charge < -0.3 is 21.3 Å². The number of nitrogens with one attached hydrogen (secondary N) is 4. The molecule has 4 N–H and O–H groups in total. The summed E-state index contributed by atoms with van der Waals surface area (Å²) in [6.07, 6.45) is 1.03. The first kappa shape index (κ1) is 25.2. The minimum Gasteiger partial charge on any atom is -0.376 e. The summed E-state index contributed by atoms with van der Waals surface area (Å²) < 4.78 is 0. The third-order valence-electron chi connectivity index (χ3n) is 5.52. The van der Waals surface area contributed by atoms with Gasteiger partial charge in [0.15, 0.2) is 0 Å². The van der Waals surface area contributed by atoms with E-state index in [1.807, 2.05) is 42.5 Å². The molecule has 0 aliphatic carbocycles. The van der Waals surface area contributed by atoms with Crippen LogP contribution in [0.1, 0.15) is 22.3 Å². The molecule has 4 aromatic rings. The quantitative estimate of drug-likeness (QED) is 0.233. The van der Waals surface area contributed by atoms with Gasteiger partial charge in [-0.05, 0) is 60.5 Å². The molecular weight excluding hydrogens is 464 g/mol. The second-order valence-electron chi connectivity index (χ2n) is 8.42. The van der Waals surface area contributed by atoms with Gasteiger partial charge in [0.25, 0.3) is 5.91 Å². The maximum Gasteiger partial charge on any atom is 0.255 e. The molecule has 0 aromatic heterocycles. The second-order valence-corrected chi connectivity index (χ2v) is 8.42. The van der Waals surface area contributed by atoms with E-state index in [0.29, 0.717) is 41.2 Å². The maximum absolute atomic E-state index is 12.5. The summed E-state index contributed by atoms with van der Waals surface area (Å²) in [6.45, 7) is 0.0315. The van der Waals surface area contributed by atoms with Crippen LogP contribution >= 0.6 is 0 Å². The second kappa shape index (κ2) is 12.7. The standard InChI is InChI=1S/C30H28N4O3/c35-28(18-17-22-9-3-1-4-10-22)32-25-14-8-15-26(20-25)33-29(36)21-31-24-13-7-16-27(19-24)34-30(37)23-11-5-2-6-12-23/h1-16,19-20,31H,17-18,21H2,(H,32,35)(H,33,36)(H,34,37). The van der Waals surface area contributed by atoms with Gasteiger partial charge in [0.05, 0.1) is 6.54 Å². The Labute approximate surface area is 215 Å². The molecule has 0 saturated carbocycles. The van der Waals surface area contributed by atoms with E-state index in [1.54, 1.807) is 66.7 Å². The summed E-state index contributed by atoms with van der Waals surface area (Å²) in [5, 5.41) is 11.6.